The van der Waals surface area contributed by atoms with Crippen molar-refractivity contribution in [3.8, 4) is 0 Å². The normalized spacial score (nSPS) is 19.4. The molecule has 5 nitrogen and oxygen atoms in total. The zero-order valence-corrected chi connectivity index (χ0v) is 12.6. The first kappa shape index (κ1) is 16.4. The highest BCUT2D eigenvalue weighted by Gasteiger charge is 2.28. The van der Waals surface area contributed by atoms with Gasteiger partial charge >= 0.3 is 0 Å². The molecule has 1 saturated heterocycles. The Morgan fingerprint density at radius 3 is 2.63 bits per heavy atom. The average Bonchev–Trinajstić information content (AvgIpc) is 2.42. The van der Waals surface area contributed by atoms with Gasteiger partial charge in [0.25, 0.3) is 0 Å². The lowest BCUT2D eigenvalue weighted by Crippen LogP contribution is -2.50. The molecule has 5 heteroatoms. The van der Waals surface area contributed by atoms with Crippen LogP contribution in [0.2, 0.25) is 0 Å². The molecule has 112 valence electrons. The Labute approximate surface area is 117 Å². The number of nitrogens with zero attached hydrogens (tertiary/aromatic N) is 2. The third-order valence-corrected chi connectivity index (χ3v) is 3.87. The number of rotatable bonds is 7. The fourth-order valence-corrected chi connectivity index (χ4v) is 2.62. The average molecular weight is 271 g/mol. The fraction of sp³-hybridized carbons (Fsp3) is 0.929. The SMILES string of the molecule is CCNCC(C)C(=O)N(CCO)C1CCN(C)CC1. The van der Waals surface area contributed by atoms with Crippen LogP contribution in [0, 0.1) is 5.92 Å². The van der Waals surface area contributed by atoms with Crippen LogP contribution in [-0.4, -0.2) is 73.2 Å². The summed E-state index contributed by atoms with van der Waals surface area (Å²) in [6.45, 7) is 8.17. The van der Waals surface area contributed by atoms with Crippen LogP contribution >= 0.6 is 0 Å². The minimum absolute atomic E-state index is 0.0221. The number of carbonyl (C=O) groups is 1. The van der Waals surface area contributed by atoms with Gasteiger partial charge in [0.2, 0.25) is 5.91 Å². The first-order valence-electron chi connectivity index (χ1n) is 7.40. The van der Waals surface area contributed by atoms with Crippen molar-refractivity contribution in [3.63, 3.8) is 0 Å². The van der Waals surface area contributed by atoms with Crippen LogP contribution in [0.1, 0.15) is 26.7 Å². The van der Waals surface area contributed by atoms with Crippen molar-refractivity contribution in [1.29, 1.82) is 0 Å². The first-order chi connectivity index (χ1) is 9.10. The molecule has 1 amide bonds. The maximum Gasteiger partial charge on any atom is 0.227 e. The molecule has 0 spiro atoms. The summed E-state index contributed by atoms with van der Waals surface area (Å²) in [5.74, 6) is 0.149. The summed E-state index contributed by atoms with van der Waals surface area (Å²) in [4.78, 5) is 16.7. The minimum Gasteiger partial charge on any atom is -0.395 e. The van der Waals surface area contributed by atoms with Gasteiger partial charge in [0.15, 0.2) is 0 Å². The zero-order chi connectivity index (χ0) is 14.3. The van der Waals surface area contributed by atoms with Crippen LogP contribution in [0.3, 0.4) is 0 Å². The van der Waals surface area contributed by atoms with E-state index in [1.165, 1.54) is 0 Å². The second-order valence-electron chi connectivity index (χ2n) is 5.50. The van der Waals surface area contributed by atoms with Gasteiger partial charge in [-0.05, 0) is 39.5 Å². The molecule has 1 aliphatic rings. The summed E-state index contributed by atoms with van der Waals surface area (Å²) in [5, 5.41) is 12.4. The molecule has 0 aromatic rings. The summed E-state index contributed by atoms with van der Waals surface area (Å²) in [7, 11) is 2.11. The number of likely N-dealkylation sites (tertiary alicyclic amines) is 1. The molecule has 19 heavy (non-hydrogen) atoms. The molecule has 1 fully saturated rings. The van der Waals surface area contributed by atoms with Crippen LogP contribution in [0.4, 0.5) is 0 Å². The third kappa shape index (κ3) is 5.09. The molecule has 0 aromatic heterocycles. The molecule has 2 N–H and O–H groups in total. The lowest BCUT2D eigenvalue weighted by molar-refractivity contribution is -0.138. The second kappa shape index (κ2) is 8.51. The summed E-state index contributed by atoms with van der Waals surface area (Å²) < 4.78 is 0. The van der Waals surface area contributed by atoms with Gasteiger partial charge in [-0.2, -0.15) is 0 Å². The van der Waals surface area contributed by atoms with E-state index in [2.05, 4.69) is 17.3 Å². The quantitative estimate of drug-likeness (QED) is 0.692. The summed E-state index contributed by atoms with van der Waals surface area (Å²) in [6, 6.07) is 0.292. The monoisotopic (exact) mass is 271 g/mol. The zero-order valence-electron chi connectivity index (χ0n) is 12.6. The molecule has 0 aliphatic carbocycles. The number of carbonyl (C=O) groups excluding carboxylic acids is 1. The van der Waals surface area contributed by atoms with Crippen molar-refractivity contribution in [1.82, 2.24) is 15.1 Å². The van der Waals surface area contributed by atoms with Gasteiger partial charge in [-0.1, -0.05) is 13.8 Å². The fourth-order valence-electron chi connectivity index (χ4n) is 2.62. The van der Waals surface area contributed by atoms with E-state index in [0.29, 0.717) is 19.1 Å². The van der Waals surface area contributed by atoms with E-state index in [1.54, 1.807) is 0 Å². The Hall–Kier alpha value is -0.650. The standard InChI is InChI=1S/C14H29N3O2/c1-4-15-11-12(2)14(19)17(9-10-18)13-5-7-16(3)8-6-13/h12-13,15,18H,4-11H2,1-3H3. The molecule has 0 aromatic carbocycles. The molecule has 0 saturated carbocycles. The van der Waals surface area contributed by atoms with E-state index in [1.807, 2.05) is 18.7 Å². The van der Waals surface area contributed by atoms with Crippen molar-refractivity contribution >= 4 is 5.91 Å². The van der Waals surface area contributed by atoms with E-state index in [-0.39, 0.29) is 18.4 Å². The number of hydrogen-bond donors (Lipinski definition) is 2. The van der Waals surface area contributed by atoms with E-state index in [4.69, 9.17) is 0 Å². The van der Waals surface area contributed by atoms with E-state index in [0.717, 1.165) is 32.5 Å². The largest absolute Gasteiger partial charge is 0.395 e. The highest BCUT2D eigenvalue weighted by molar-refractivity contribution is 5.79. The van der Waals surface area contributed by atoms with E-state index < -0.39 is 0 Å². The van der Waals surface area contributed by atoms with Crippen LogP contribution < -0.4 is 5.32 Å². The Bertz CT molecular complexity index is 265. The second-order valence-corrected chi connectivity index (χ2v) is 5.50. The highest BCUT2D eigenvalue weighted by atomic mass is 16.3. The van der Waals surface area contributed by atoms with Crippen molar-refractivity contribution < 1.29 is 9.90 Å². The molecular weight excluding hydrogens is 242 g/mol. The number of amides is 1. The molecule has 1 heterocycles. The van der Waals surface area contributed by atoms with Crippen LogP contribution in [-0.2, 0) is 4.79 Å². The van der Waals surface area contributed by atoms with E-state index >= 15 is 0 Å². The Morgan fingerprint density at radius 2 is 2.11 bits per heavy atom. The molecule has 0 radical (unpaired) electrons. The number of piperidine rings is 1. The van der Waals surface area contributed by atoms with Crippen LogP contribution in [0.25, 0.3) is 0 Å². The van der Waals surface area contributed by atoms with Crippen LogP contribution in [0.15, 0.2) is 0 Å². The number of aliphatic hydroxyl groups is 1. The summed E-state index contributed by atoms with van der Waals surface area (Å²) in [6.07, 6.45) is 2.02. The Morgan fingerprint density at radius 1 is 1.47 bits per heavy atom. The van der Waals surface area contributed by atoms with Crippen LogP contribution in [0.5, 0.6) is 0 Å². The van der Waals surface area contributed by atoms with Gasteiger partial charge in [0.05, 0.1) is 6.61 Å². The lowest BCUT2D eigenvalue weighted by atomic mass is 10.0. The topological polar surface area (TPSA) is 55.8 Å². The Kier molecular flexibility index (Phi) is 7.34. The maximum absolute atomic E-state index is 12.5. The van der Waals surface area contributed by atoms with Crippen molar-refractivity contribution in [3.05, 3.63) is 0 Å². The smallest absolute Gasteiger partial charge is 0.227 e. The van der Waals surface area contributed by atoms with Gasteiger partial charge in [-0.15, -0.1) is 0 Å². The molecule has 0 bridgehead atoms. The molecule has 1 atom stereocenters. The van der Waals surface area contributed by atoms with Crippen molar-refractivity contribution in [2.45, 2.75) is 32.7 Å². The van der Waals surface area contributed by atoms with Crippen molar-refractivity contribution in [2.24, 2.45) is 5.92 Å². The van der Waals surface area contributed by atoms with Gasteiger partial charge < -0.3 is 20.2 Å². The molecule has 1 aliphatic heterocycles. The molecular formula is C14H29N3O2. The maximum atomic E-state index is 12.5. The molecule has 1 unspecified atom stereocenters. The van der Waals surface area contributed by atoms with E-state index in [9.17, 15) is 9.90 Å². The third-order valence-electron chi connectivity index (χ3n) is 3.87. The number of aliphatic hydroxyl groups excluding tert-OH is 1. The Balaban J connectivity index is 2.57. The predicted octanol–water partition coefficient (Wildman–Crippen LogP) is 0.147. The number of hydrogen-bond acceptors (Lipinski definition) is 4. The minimum atomic E-state index is -0.0221. The van der Waals surface area contributed by atoms with Gasteiger partial charge in [0, 0.05) is 25.0 Å². The van der Waals surface area contributed by atoms with Gasteiger partial charge in [-0.3, -0.25) is 4.79 Å². The lowest BCUT2D eigenvalue weighted by Gasteiger charge is -2.38. The molecule has 1 rings (SSSR count). The predicted molar refractivity (Wildman–Crippen MR) is 77.0 cm³/mol. The highest BCUT2D eigenvalue weighted by Crippen LogP contribution is 2.17. The first-order valence-corrected chi connectivity index (χ1v) is 7.40. The summed E-state index contributed by atoms with van der Waals surface area (Å²) >= 11 is 0. The summed E-state index contributed by atoms with van der Waals surface area (Å²) in [5.41, 5.74) is 0. The van der Waals surface area contributed by atoms with Gasteiger partial charge in [-0.25, -0.2) is 0 Å². The van der Waals surface area contributed by atoms with Gasteiger partial charge in [0.1, 0.15) is 0 Å². The van der Waals surface area contributed by atoms with Crippen molar-refractivity contribution in [2.75, 3.05) is 46.4 Å². The number of nitrogens with one attached hydrogen (secondary N) is 1.